The maximum atomic E-state index is 15.3. The van der Waals surface area contributed by atoms with E-state index >= 15 is 8.78 Å². The summed E-state index contributed by atoms with van der Waals surface area (Å²) in [5, 5.41) is 0.263. The van der Waals surface area contributed by atoms with Crippen LogP contribution >= 0.6 is 11.8 Å². The van der Waals surface area contributed by atoms with E-state index in [9.17, 15) is 44.3 Å². The van der Waals surface area contributed by atoms with Crippen molar-refractivity contribution >= 4 is 16.9 Å². The van der Waals surface area contributed by atoms with Crippen LogP contribution in [0.2, 0.25) is 0 Å². The third kappa shape index (κ3) is 14.3. The number of rotatable bonds is 27. The maximum Gasteiger partial charge on any atom is 0.435 e. The predicted octanol–water partition coefficient (Wildman–Crippen LogP) is 14.2. The average Bonchev–Trinajstić information content (AvgIpc) is 3.60. The highest BCUT2D eigenvalue weighted by Gasteiger charge is 2.85. The van der Waals surface area contributed by atoms with Crippen molar-refractivity contribution in [3.63, 3.8) is 0 Å². The molecule has 0 heterocycles. The van der Waals surface area contributed by atoms with Gasteiger partial charge in [0, 0.05) is 44.6 Å². The van der Waals surface area contributed by atoms with Gasteiger partial charge in [-0.3, -0.25) is 4.79 Å². The number of aryl methyl sites for hydroxylation is 1. The molecular formula is C50H68F11NO5S. The molecule has 386 valence electrons. The largest absolute Gasteiger partial charge is 0.489 e. The molecule has 0 amide bonds. The zero-order valence-electron chi connectivity index (χ0n) is 39.4. The van der Waals surface area contributed by atoms with E-state index in [-0.39, 0.29) is 53.8 Å². The molecule has 0 aliphatic heterocycles. The van der Waals surface area contributed by atoms with Gasteiger partial charge in [0.05, 0.1) is 12.7 Å². The smallest absolute Gasteiger partial charge is 0.435 e. The Balaban J connectivity index is 1.01. The molecule has 3 aliphatic rings. The van der Waals surface area contributed by atoms with Gasteiger partial charge in [0.2, 0.25) is 0 Å². The van der Waals surface area contributed by atoms with Crippen LogP contribution in [0.3, 0.4) is 0 Å². The molecule has 0 radical (unpaired) electrons. The molecule has 0 saturated heterocycles. The molecule has 2 saturated carbocycles. The minimum Gasteiger partial charge on any atom is -0.489 e. The maximum absolute atomic E-state index is 15.3. The van der Waals surface area contributed by atoms with Crippen molar-refractivity contribution in [3.05, 3.63) is 64.2 Å². The summed E-state index contributed by atoms with van der Waals surface area (Å²) in [5.41, 5.74) is -3.94. The van der Waals surface area contributed by atoms with E-state index in [2.05, 4.69) is 11.7 Å². The lowest BCUT2D eigenvalue weighted by Gasteiger charge is -2.50. The number of carbonyl (C=O) groups excluding carboxylic acids is 1. The number of halogens is 11. The zero-order valence-corrected chi connectivity index (χ0v) is 40.2. The number of nitrogens with zero attached hydrogens (tertiary/aromatic N) is 1. The van der Waals surface area contributed by atoms with Crippen molar-refractivity contribution in [2.75, 3.05) is 46.3 Å². The van der Waals surface area contributed by atoms with Gasteiger partial charge in [-0.25, -0.2) is 8.78 Å². The van der Waals surface area contributed by atoms with E-state index in [0.717, 1.165) is 101 Å². The number of hydrogen-bond acceptors (Lipinski definition) is 7. The fourth-order valence-corrected chi connectivity index (χ4v) is 11.7. The third-order valence-electron chi connectivity index (χ3n) is 14.4. The van der Waals surface area contributed by atoms with Crippen LogP contribution < -0.4 is 4.74 Å². The average molecular weight is 1000 g/mol. The van der Waals surface area contributed by atoms with Gasteiger partial charge in [-0.15, -0.1) is 0 Å². The molecule has 2 aromatic rings. The quantitative estimate of drug-likeness (QED) is 0.0653. The van der Waals surface area contributed by atoms with Crippen LogP contribution in [-0.2, 0) is 38.6 Å². The monoisotopic (exact) mass is 1000 g/mol. The first-order chi connectivity index (χ1) is 32.1. The Morgan fingerprint density at radius 3 is 2.09 bits per heavy atom. The van der Waals surface area contributed by atoms with Crippen LogP contribution in [0, 0.1) is 28.9 Å². The van der Waals surface area contributed by atoms with Gasteiger partial charge in [-0.05, 0) is 148 Å². The lowest BCUT2D eigenvalue weighted by molar-refractivity contribution is -0.457. The van der Waals surface area contributed by atoms with Crippen molar-refractivity contribution in [1.82, 2.24) is 4.90 Å². The highest BCUT2D eigenvalue weighted by molar-refractivity contribution is 8.13. The predicted molar refractivity (Wildman–Crippen MR) is 239 cm³/mol. The molecule has 3 aliphatic carbocycles. The number of thioether (sulfide) groups is 1. The summed E-state index contributed by atoms with van der Waals surface area (Å²) >= 11 is 1.42. The molecule has 2 aromatic carbocycles. The second-order valence-corrected chi connectivity index (χ2v) is 20.3. The summed E-state index contributed by atoms with van der Waals surface area (Å²) < 4.78 is 170. The van der Waals surface area contributed by atoms with Crippen molar-refractivity contribution in [3.8, 4) is 5.75 Å². The number of hydrogen-bond donors (Lipinski definition) is 0. The summed E-state index contributed by atoms with van der Waals surface area (Å²) in [4.78, 5) is 14.1. The number of unbranched alkanes of at least 4 members (excludes halogenated alkanes) is 8. The number of benzene rings is 2. The van der Waals surface area contributed by atoms with E-state index in [4.69, 9.17) is 14.2 Å². The number of methoxy groups -OCH3 is 1. The van der Waals surface area contributed by atoms with Crippen molar-refractivity contribution in [2.24, 2.45) is 17.3 Å². The number of carbonyl (C=O) groups is 1. The van der Waals surface area contributed by atoms with Gasteiger partial charge in [-0.1, -0.05) is 63.3 Å². The number of alkyl halides is 9. The van der Waals surface area contributed by atoms with Crippen LogP contribution in [0.4, 0.5) is 48.3 Å². The topological polar surface area (TPSA) is 57.2 Å². The molecule has 68 heavy (non-hydrogen) atoms. The first-order valence-electron chi connectivity index (χ1n) is 24.1. The summed E-state index contributed by atoms with van der Waals surface area (Å²) in [6, 6.07) is 8.48. The highest BCUT2D eigenvalue weighted by atomic mass is 32.2. The standard InChI is InChI=1S/C50H68F11NO5S/c1-46-23-22-38-37-19-17-36(31-35(37)16-18-39(38)41(46)20-21-44(46)65-26-14-27-67-47(48(53,54)55,49(56,57)58)50(59,60)61)66-33-34-29-42(51)40(43(52)30-34)32-62(2)24-11-7-9-13-28-68-45(63)15-10-6-4-5-8-12-25-64-3/h17,19,29-31,38-39,41,44H,4-16,18,20-28,32-33H2,1-3H3/t38?,39?,41?,44-,46-/m0/s1. The van der Waals surface area contributed by atoms with Crippen LogP contribution in [0.25, 0.3) is 0 Å². The van der Waals surface area contributed by atoms with E-state index in [1.165, 1.54) is 42.3 Å². The molecular weight excluding hydrogens is 936 g/mol. The van der Waals surface area contributed by atoms with Crippen LogP contribution in [0.15, 0.2) is 30.3 Å². The molecule has 0 bridgehead atoms. The summed E-state index contributed by atoms with van der Waals surface area (Å²) in [5.74, 6) is 0.871. The van der Waals surface area contributed by atoms with Gasteiger partial charge < -0.3 is 23.8 Å². The Bertz CT molecular complexity index is 1840. The van der Waals surface area contributed by atoms with Crippen molar-refractivity contribution in [2.45, 2.75) is 172 Å². The van der Waals surface area contributed by atoms with Crippen LogP contribution in [0.5, 0.6) is 5.75 Å². The minimum absolute atomic E-state index is 0.00339. The van der Waals surface area contributed by atoms with Gasteiger partial charge >= 0.3 is 24.1 Å². The van der Waals surface area contributed by atoms with Gasteiger partial charge in [0.15, 0.2) is 5.12 Å². The Kier molecular flexibility index (Phi) is 20.8. The number of ether oxygens (including phenoxy) is 4. The van der Waals surface area contributed by atoms with E-state index < -0.39 is 48.8 Å². The van der Waals surface area contributed by atoms with Gasteiger partial charge in [-0.2, -0.15) is 39.5 Å². The summed E-state index contributed by atoms with van der Waals surface area (Å²) in [6.07, 6.45) is -5.68. The molecule has 5 atom stereocenters. The summed E-state index contributed by atoms with van der Waals surface area (Å²) in [6.45, 7) is 1.84. The molecule has 2 fully saturated rings. The molecule has 3 unspecified atom stereocenters. The van der Waals surface area contributed by atoms with Crippen LogP contribution in [-0.4, -0.2) is 86.5 Å². The first-order valence-corrected chi connectivity index (χ1v) is 25.1. The Morgan fingerprint density at radius 2 is 1.41 bits per heavy atom. The normalized spacial score (nSPS) is 22.0. The minimum atomic E-state index is -6.77. The van der Waals surface area contributed by atoms with Gasteiger partial charge in [0.1, 0.15) is 24.0 Å². The Morgan fingerprint density at radius 1 is 0.765 bits per heavy atom. The second-order valence-electron chi connectivity index (χ2n) is 19.2. The fourth-order valence-electron chi connectivity index (χ4n) is 10.8. The van der Waals surface area contributed by atoms with Crippen LogP contribution in [0.1, 0.15) is 144 Å². The first kappa shape index (κ1) is 56.2. The second kappa shape index (κ2) is 25.1. The highest BCUT2D eigenvalue weighted by Crippen LogP contribution is 2.62. The third-order valence-corrected chi connectivity index (χ3v) is 15.5. The lowest BCUT2D eigenvalue weighted by Crippen LogP contribution is -2.67. The molecule has 0 spiro atoms. The molecule has 18 heteroatoms. The van der Waals surface area contributed by atoms with Crippen molar-refractivity contribution in [1.29, 1.82) is 0 Å². The molecule has 5 rings (SSSR count). The van der Waals surface area contributed by atoms with E-state index in [1.807, 2.05) is 30.1 Å². The SMILES string of the molecule is COCCCCCCCCC(=O)SCCCCCCN(C)Cc1c(F)cc(COc2ccc3c(c2)CCC2C3CC[C@@]3(C)C2CC[C@@H]3OCCCOC(C(F)(F)F)(C(F)(F)F)C(F)(F)F)cc1F. The van der Waals surface area contributed by atoms with E-state index in [0.29, 0.717) is 36.6 Å². The molecule has 0 aromatic heterocycles. The zero-order chi connectivity index (χ0) is 49.8. The van der Waals surface area contributed by atoms with Gasteiger partial charge in [0.25, 0.3) is 0 Å². The Hall–Kier alpha value is -2.67. The number of fused-ring (bicyclic) bond motifs is 5. The lowest BCUT2D eigenvalue weighted by atomic mass is 9.55. The van der Waals surface area contributed by atoms with E-state index in [1.54, 1.807) is 7.11 Å². The summed E-state index contributed by atoms with van der Waals surface area (Å²) in [7, 11) is 3.56. The molecule has 0 N–H and O–H groups in total. The molecule has 6 nitrogen and oxygen atoms in total. The Labute approximate surface area is 398 Å². The van der Waals surface area contributed by atoms with Crippen molar-refractivity contribution < 1.29 is 72.0 Å². The fraction of sp³-hybridized carbons (Fsp3) is 0.740.